The van der Waals surface area contributed by atoms with Crippen molar-refractivity contribution >= 4 is 34.0 Å². The lowest BCUT2D eigenvalue weighted by molar-refractivity contribution is 0.0526. The van der Waals surface area contributed by atoms with Gasteiger partial charge >= 0.3 is 5.97 Å². The fraction of sp³-hybridized carbons (Fsp3) is 0.333. The van der Waals surface area contributed by atoms with Crippen molar-refractivity contribution in [1.82, 2.24) is 4.98 Å². The van der Waals surface area contributed by atoms with Gasteiger partial charge in [0.2, 0.25) is 0 Å². The lowest BCUT2D eigenvalue weighted by Crippen LogP contribution is -2.15. The molecule has 3 aromatic rings. The molecule has 0 saturated carbocycles. The number of furan rings is 1. The first-order valence-electron chi connectivity index (χ1n) is 7.82. The van der Waals surface area contributed by atoms with Crippen molar-refractivity contribution in [1.29, 1.82) is 0 Å². The first-order chi connectivity index (χ1) is 11.5. The maximum Gasteiger partial charge on any atom is 0.342 e. The Morgan fingerprint density at radius 3 is 2.83 bits per heavy atom. The van der Waals surface area contributed by atoms with Crippen LogP contribution in [0.1, 0.15) is 32.9 Å². The first-order valence-corrected chi connectivity index (χ1v) is 8.64. The molecule has 5 nitrogen and oxygen atoms in total. The number of hydrogen-bond donors (Lipinski definition) is 0. The minimum Gasteiger partial charge on any atom is -0.462 e. The maximum atomic E-state index is 12.2. The highest BCUT2D eigenvalue weighted by Gasteiger charge is 2.20. The van der Waals surface area contributed by atoms with Gasteiger partial charge in [-0.05, 0) is 39.0 Å². The summed E-state index contributed by atoms with van der Waals surface area (Å²) in [7, 11) is 2.02. The molecule has 0 radical (unpaired) electrons. The van der Waals surface area contributed by atoms with Gasteiger partial charge in [-0.1, -0.05) is 0 Å². The number of anilines is 1. The Kier molecular flexibility index (Phi) is 4.57. The highest BCUT2D eigenvalue weighted by molar-refractivity contribution is 7.11. The van der Waals surface area contributed by atoms with Crippen LogP contribution in [0.15, 0.2) is 28.8 Å². The molecule has 24 heavy (non-hydrogen) atoms. The van der Waals surface area contributed by atoms with Crippen molar-refractivity contribution in [2.75, 3.05) is 18.6 Å². The zero-order valence-corrected chi connectivity index (χ0v) is 15.1. The van der Waals surface area contributed by atoms with Gasteiger partial charge in [0.15, 0.2) is 0 Å². The summed E-state index contributed by atoms with van der Waals surface area (Å²) in [5.41, 5.74) is 2.22. The topological polar surface area (TPSA) is 55.6 Å². The Hall–Kier alpha value is -2.34. The summed E-state index contributed by atoms with van der Waals surface area (Å²) in [5.74, 6) is 0.243. The first kappa shape index (κ1) is 16.5. The quantitative estimate of drug-likeness (QED) is 0.645. The van der Waals surface area contributed by atoms with Crippen molar-refractivity contribution in [3.05, 3.63) is 45.6 Å². The average molecular weight is 344 g/mol. The van der Waals surface area contributed by atoms with Crippen molar-refractivity contribution in [2.45, 2.75) is 27.3 Å². The van der Waals surface area contributed by atoms with Gasteiger partial charge in [-0.15, -0.1) is 11.3 Å². The van der Waals surface area contributed by atoms with E-state index in [2.05, 4.69) is 9.88 Å². The normalized spacial score (nSPS) is 11.0. The van der Waals surface area contributed by atoms with E-state index in [0.717, 1.165) is 22.6 Å². The number of aromatic nitrogens is 1. The Bertz CT molecular complexity index is 882. The van der Waals surface area contributed by atoms with E-state index >= 15 is 0 Å². The summed E-state index contributed by atoms with van der Waals surface area (Å²) in [4.78, 5) is 19.8. The number of aryl methyl sites for hydroxylation is 2. The minimum atomic E-state index is -0.341. The van der Waals surface area contributed by atoms with E-state index in [0.29, 0.717) is 23.5 Å². The highest BCUT2D eigenvalue weighted by atomic mass is 32.1. The number of fused-ring (bicyclic) bond motifs is 1. The summed E-state index contributed by atoms with van der Waals surface area (Å²) in [5, 5.41) is 1.85. The largest absolute Gasteiger partial charge is 0.462 e. The fourth-order valence-electron chi connectivity index (χ4n) is 2.71. The van der Waals surface area contributed by atoms with Crippen LogP contribution in [-0.4, -0.2) is 24.6 Å². The standard InChI is InChI=1S/C18H20N2O3S/c1-5-22-18(21)17-11(2)23-16-7-6-13(8-15(16)17)20(4)10-14-9-19-12(3)24-14/h6-9H,5,10H2,1-4H3. The molecule has 0 bridgehead atoms. The van der Waals surface area contributed by atoms with E-state index in [4.69, 9.17) is 9.15 Å². The van der Waals surface area contributed by atoms with Crippen LogP contribution in [0, 0.1) is 13.8 Å². The third kappa shape index (κ3) is 3.14. The van der Waals surface area contributed by atoms with Gasteiger partial charge in [-0.2, -0.15) is 0 Å². The smallest absolute Gasteiger partial charge is 0.342 e. The number of rotatable bonds is 5. The molecule has 0 atom stereocenters. The Morgan fingerprint density at radius 1 is 1.38 bits per heavy atom. The summed E-state index contributed by atoms with van der Waals surface area (Å²) in [6.07, 6.45) is 1.90. The molecule has 6 heteroatoms. The van der Waals surface area contributed by atoms with Crippen LogP contribution >= 0.6 is 11.3 Å². The lowest BCUT2D eigenvalue weighted by atomic mass is 10.1. The molecule has 0 amide bonds. The number of ether oxygens (including phenoxy) is 1. The number of nitrogens with zero attached hydrogens (tertiary/aromatic N) is 2. The van der Waals surface area contributed by atoms with Crippen LogP contribution in [0.2, 0.25) is 0 Å². The molecule has 2 aromatic heterocycles. The van der Waals surface area contributed by atoms with Crippen LogP contribution in [0.4, 0.5) is 5.69 Å². The van der Waals surface area contributed by atoms with Crippen LogP contribution in [0.5, 0.6) is 0 Å². The van der Waals surface area contributed by atoms with Crippen molar-refractivity contribution in [3.63, 3.8) is 0 Å². The summed E-state index contributed by atoms with van der Waals surface area (Å²) < 4.78 is 10.9. The summed E-state index contributed by atoms with van der Waals surface area (Å²) in [6.45, 7) is 6.69. The van der Waals surface area contributed by atoms with E-state index in [-0.39, 0.29) is 5.97 Å². The molecule has 126 valence electrons. The van der Waals surface area contributed by atoms with E-state index in [1.165, 1.54) is 4.88 Å². The zero-order valence-electron chi connectivity index (χ0n) is 14.3. The van der Waals surface area contributed by atoms with E-state index in [1.54, 1.807) is 25.2 Å². The zero-order chi connectivity index (χ0) is 17.3. The molecule has 3 rings (SSSR count). The molecule has 0 spiro atoms. The van der Waals surface area contributed by atoms with Crippen LogP contribution < -0.4 is 4.90 Å². The molecule has 0 aliphatic rings. The molecule has 0 aliphatic heterocycles. The predicted molar refractivity (Wildman–Crippen MR) is 95.9 cm³/mol. The Morgan fingerprint density at radius 2 is 2.17 bits per heavy atom. The van der Waals surface area contributed by atoms with E-state index in [1.807, 2.05) is 38.4 Å². The van der Waals surface area contributed by atoms with Crippen molar-refractivity contribution in [2.24, 2.45) is 0 Å². The van der Waals surface area contributed by atoms with Gasteiger partial charge in [0, 0.05) is 29.2 Å². The third-order valence-electron chi connectivity index (χ3n) is 3.83. The predicted octanol–water partition coefficient (Wildman–Crippen LogP) is 4.32. The number of benzene rings is 1. The molecule has 0 unspecified atom stereocenters. The Balaban J connectivity index is 1.94. The highest BCUT2D eigenvalue weighted by Crippen LogP contribution is 2.30. The van der Waals surface area contributed by atoms with E-state index < -0.39 is 0 Å². The van der Waals surface area contributed by atoms with Gasteiger partial charge in [0.25, 0.3) is 0 Å². The van der Waals surface area contributed by atoms with Crippen LogP contribution in [0.25, 0.3) is 11.0 Å². The van der Waals surface area contributed by atoms with Gasteiger partial charge in [-0.3, -0.25) is 0 Å². The summed E-state index contributed by atoms with van der Waals surface area (Å²) in [6, 6.07) is 5.87. The average Bonchev–Trinajstić information content (AvgIpc) is 3.08. The van der Waals surface area contributed by atoms with Crippen molar-refractivity contribution in [3.8, 4) is 0 Å². The second kappa shape index (κ2) is 6.65. The van der Waals surface area contributed by atoms with Crippen LogP contribution in [0.3, 0.4) is 0 Å². The molecule has 0 N–H and O–H groups in total. The monoisotopic (exact) mass is 344 g/mol. The molecular formula is C18H20N2O3S. The molecule has 1 aromatic carbocycles. The molecular weight excluding hydrogens is 324 g/mol. The number of carbonyl (C=O) groups is 1. The number of esters is 1. The minimum absolute atomic E-state index is 0.341. The second-order valence-electron chi connectivity index (χ2n) is 5.64. The van der Waals surface area contributed by atoms with Gasteiger partial charge in [0.05, 0.1) is 18.2 Å². The number of thiazole rings is 1. The van der Waals surface area contributed by atoms with E-state index in [9.17, 15) is 4.79 Å². The number of carbonyl (C=O) groups excluding carboxylic acids is 1. The SMILES string of the molecule is CCOC(=O)c1c(C)oc2ccc(N(C)Cc3cnc(C)s3)cc12. The van der Waals surface area contributed by atoms with Gasteiger partial charge in [-0.25, -0.2) is 9.78 Å². The van der Waals surface area contributed by atoms with Crippen molar-refractivity contribution < 1.29 is 13.9 Å². The number of hydrogen-bond acceptors (Lipinski definition) is 6. The fourth-order valence-corrected chi connectivity index (χ4v) is 3.55. The molecule has 0 fully saturated rings. The molecule has 0 saturated heterocycles. The molecule has 0 aliphatic carbocycles. The molecule has 2 heterocycles. The third-order valence-corrected chi connectivity index (χ3v) is 4.73. The van der Waals surface area contributed by atoms with Crippen LogP contribution in [-0.2, 0) is 11.3 Å². The van der Waals surface area contributed by atoms with Gasteiger partial charge in [0.1, 0.15) is 16.9 Å². The Labute approximate surface area is 144 Å². The maximum absolute atomic E-state index is 12.2. The lowest BCUT2D eigenvalue weighted by Gasteiger charge is -2.18. The van der Waals surface area contributed by atoms with Gasteiger partial charge < -0.3 is 14.1 Å². The second-order valence-corrected chi connectivity index (χ2v) is 6.96. The summed E-state index contributed by atoms with van der Waals surface area (Å²) >= 11 is 1.69.